The largest absolute Gasteiger partial charge is 0.452 e. The van der Waals surface area contributed by atoms with Crippen LogP contribution in [0.4, 0.5) is 4.79 Å². The van der Waals surface area contributed by atoms with Crippen LogP contribution in [-0.4, -0.2) is 24.4 Å². The SMILES string of the molecule is COC(=O)N/N=C\c1cc2ccc(C)cc2nc1Cl. The van der Waals surface area contributed by atoms with Crippen molar-refractivity contribution in [3.63, 3.8) is 0 Å². The molecule has 1 aromatic heterocycles. The normalized spacial score (nSPS) is 10.9. The van der Waals surface area contributed by atoms with Gasteiger partial charge in [0.25, 0.3) is 0 Å². The Balaban J connectivity index is 2.31. The second-order valence-electron chi connectivity index (χ2n) is 3.93. The lowest BCUT2D eigenvalue weighted by atomic mass is 10.1. The van der Waals surface area contributed by atoms with E-state index >= 15 is 0 Å². The highest BCUT2D eigenvalue weighted by molar-refractivity contribution is 6.32. The summed E-state index contributed by atoms with van der Waals surface area (Å²) in [6, 6.07) is 7.76. The fourth-order valence-corrected chi connectivity index (χ4v) is 1.76. The zero-order valence-corrected chi connectivity index (χ0v) is 11.2. The molecule has 1 heterocycles. The first-order valence-corrected chi connectivity index (χ1v) is 5.92. The van der Waals surface area contributed by atoms with Crippen LogP contribution < -0.4 is 5.43 Å². The van der Waals surface area contributed by atoms with Gasteiger partial charge in [-0.25, -0.2) is 15.2 Å². The van der Waals surface area contributed by atoms with Crippen molar-refractivity contribution in [3.8, 4) is 0 Å². The summed E-state index contributed by atoms with van der Waals surface area (Å²) in [5.74, 6) is 0. The molecule has 98 valence electrons. The maximum absolute atomic E-state index is 10.8. The number of hydrogen-bond acceptors (Lipinski definition) is 4. The molecule has 5 nitrogen and oxygen atoms in total. The van der Waals surface area contributed by atoms with E-state index in [1.807, 2.05) is 31.2 Å². The first-order chi connectivity index (χ1) is 9.10. The van der Waals surface area contributed by atoms with Gasteiger partial charge < -0.3 is 4.74 Å². The molecule has 2 rings (SSSR count). The maximum atomic E-state index is 10.8. The Labute approximate surface area is 115 Å². The van der Waals surface area contributed by atoms with E-state index in [0.717, 1.165) is 16.5 Å². The lowest BCUT2D eigenvalue weighted by Crippen LogP contribution is -2.16. The number of rotatable bonds is 2. The molecule has 1 N–H and O–H groups in total. The van der Waals surface area contributed by atoms with Gasteiger partial charge in [0, 0.05) is 10.9 Å². The average Bonchev–Trinajstić information content (AvgIpc) is 2.39. The van der Waals surface area contributed by atoms with E-state index in [2.05, 4.69) is 20.2 Å². The highest BCUT2D eigenvalue weighted by Crippen LogP contribution is 2.20. The fourth-order valence-electron chi connectivity index (χ4n) is 1.56. The lowest BCUT2D eigenvalue weighted by molar-refractivity contribution is 0.171. The summed E-state index contributed by atoms with van der Waals surface area (Å²) >= 11 is 6.06. The smallest absolute Gasteiger partial charge is 0.427 e. The van der Waals surface area contributed by atoms with Gasteiger partial charge in [0.2, 0.25) is 0 Å². The van der Waals surface area contributed by atoms with Crippen molar-refractivity contribution in [3.05, 3.63) is 40.5 Å². The molecule has 0 unspecified atom stereocenters. The molecule has 0 aliphatic heterocycles. The zero-order chi connectivity index (χ0) is 13.8. The Kier molecular flexibility index (Phi) is 3.97. The molecule has 0 saturated carbocycles. The Morgan fingerprint density at radius 1 is 1.47 bits per heavy atom. The van der Waals surface area contributed by atoms with Gasteiger partial charge in [-0.3, -0.25) is 0 Å². The second-order valence-corrected chi connectivity index (χ2v) is 4.28. The number of hydrazone groups is 1. The number of methoxy groups -OCH3 is 1. The standard InChI is InChI=1S/C13H12ClN3O2/c1-8-3-4-9-6-10(7-15-17-13(18)19-2)12(14)16-11(9)5-8/h3-7H,1-2H3,(H,17,18)/b15-7-. The summed E-state index contributed by atoms with van der Waals surface area (Å²) in [5, 5.41) is 5.00. The monoisotopic (exact) mass is 277 g/mol. The van der Waals surface area contributed by atoms with E-state index in [1.165, 1.54) is 13.3 Å². The lowest BCUT2D eigenvalue weighted by Gasteiger charge is -2.03. The topological polar surface area (TPSA) is 63.6 Å². The first kappa shape index (κ1) is 13.3. The van der Waals surface area contributed by atoms with Crippen molar-refractivity contribution in [1.29, 1.82) is 0 Å². The van der Waals surface area contributed by atoms with Crippen LogP contribution in [0.1, 0.15) is 11.1 Å². The van der Waals surface area contributed by atoms with Gasteiger partial charge >= 0.3 is 6.09 Å². The maximum Gasteiger partial charge on any atom is 0.427 e. The van der Waals surface area contributed by atoms with E-state index < -0.39 is 6.09 Å². The number of aromatic nitrogens is 1. The molecule has 19 heavy (non-hydrogen) atoms. The number of halogens is 1. The van der Waals surface area contributed by atoms with Crippen LogP contribution in [0.25, 0.3) is 10.9 Å². The molecule has 0 aliphatic rings. The van der Waals surface area contributed by atoms with Gasteiger partial charge in [0.05, 0.1) is 18.8 Å². The Morgan fingerprint density at radius 3 is 3.00 bits per heavy atom. The number of fused-ring (bicyclic) bond motifs is 1. The van der Waals surface area contributed by atoms with E-state index in [4.69, 9.17) is 11.6 Å². The summed E-state index contributed by atoms with van der Waals surface area (Å²) in [5.41, 5.74) is 4.74. The molecule has 0 fully saturated rings. The minimum absolute atomic E-state index is 0.327. The van der Waals surface area contributed by atoms with Crippen molar-refractivity contribution in [2.75, 3.05) is 7.11 Å². The van der Waals surface area contributed by atoms with Gasteiger partial charge in [-0.1, -0.05) is 23.7 Å². The Hall–Kier alpha value is -2.14. The summed E-state index contributed by atoms with van der Waals surface area (Å²) < 4.78 is 4.39. The highest BCUT2D eigenvalue weighted by atomic mass is 35.5. The average molecular weight is 278 g/mol. The van der Waals surface area contributed by atoms with E-state index in [0.29, 0.717) is 10.7 Å². The minimum Gasteiger partial charge on any atom is -0.452 e. The quantitative estimate of drug-likeness (QED) is 0.521. The van der Waals surface area contributed by atoms with Crippen molar-refractivity contribution >= 4 is 34.8 Å². The van der Waals surface area contributed by atoms with Crippen molar-refractivity contribution < 1.29 is 9.53 Å². The Bertz CT molecular complexity index is 656. The molecule has 0 atom stereocenters. The van der Waals surface area contributed by atoms with Crippen LogP contribution in [0, 0.1) is 6.92 Å². The summed E-state index contributed by atoms with van der Waals surface area (Å²) in [6.07, 6.45) is 0.780. The molecule has 1 aromatic carbocycles. The molecular formula is C13H12ClN3O2. The molecule has 0 aliphatic carbocycles. The summed E-state index contributed by atoms with van der Waals surface area (Å²) in [7, 11) is 1.26. The number of carbonyl (C=O) groups excluding carboxylic acids is 1. The van der Waals surface area contributed by atoms with E-state index in [9.17, 15) is 4.79 Å². The third-order valence-electron chi connectivity index (χ3n) is 2.50. The van der Waals surface area contributed by atoms with E-state index in [-0.39, 0.29) is 0 Å². The zero-order valence-electron chi connectivity index (χ0n) is 10.5. The molecule has 0 bridgehead atoms. The summed E-state index contributed by atoms with van der Waals surface area (Å²) in [4.78, 5) is 15.1. The van der Waals surface area contributed by atoms with Crippen molar-refractivity contribution in [2.24, 2.45) is 5.10 Å². The van der Waals surface area contributed by atoms with Crippen LogP contribution in [0.5, 0.6) is 0 Å². The number of ether oxygens (including phenoxy) is 1. The molecule has 0 radical (unpaired) electrons. The number of hydrogen-bond donors (Lipinski definition) is 1. The predicted molar refractivity (Wildman–Crippen MR) is 74.6 cm³/mol. The Morgan fingerprint density at radius 2 is 2.26 bits per heavy atom. The number of nitrogens with one attached hydrogen (secondary N) is 1. The second kappa shape index (κ2) is 5.67. The van der Waals surface area contributed by atoms with Gasteiger partial charge in [-0.05, 0) is 24.6 Å². The number of carbonyl (C=O) groups is 1. The number of pyridine rings is 1. The van der Waals surface area contributed by atoms with Crippen LogP contribution in [-0.2, 0) is 4.74 Å². The number of benzene rings is 1. The predicted octanol–water partition coefficient (Wildman–Crippen LogP) is 2.89. The van der Waals surface area contributed by atoms with Crippen molar-refractivity contribution in [2.45, 2.75) is 6.92 Å². The molecular weight excluding hydrogens is 266 g/mol. The molecule has 6 heteroatoms. The number of aryl methyl sites for hydroxylation is 1. The van der Waals surface area contributed by atoms with Crippen LogP contribution in [0.3, 0.4) is 0 Å². The van der Waals surface area contributed by atoms with Crippen LogP contribution >= 0.6 is 11.6 Å². The third-order valence-corrected chi connectivity index (χ3v) is 2.80. The summed E-state index contributed by atoms with van der Waals surface area (Å²) in [6.45, 7) is 1.99. The number of amides is 1. The third kappa shape index (κ3) is 3.20. The van der Waals surface area contributed by atoms with Gasteiger partial charge in [0.15, 0.2) is 0 Å². The number of nitrogens with zero attached hydrogens (tertiary/aromatic N) is 2. The highest BCUT2D eigenvalue weighted by Gasteiger charge is 2.03. The van der Waals surface area contributed by atoms with Crippen molar-refractivity contribution in [1.82, 2.24) is 10.4 Å². The fraction of sp³-hybridized carbons (Fsp3) is 0.154. The van der Waals surface area contributed by atoms with Gasteiger partial charge in [0.1, 0.15) is 5.15 Å². The minimum atomic E-state index is -0.642. The van der Waals surface area contributed by atoms with Gasteiger partial charge in [-0.2, -0.15) is 5.10 Å². The van der Waals surface area contributed by atoms with Crippen LogP contribution in [0.15, 0.2) is 29.4 Å². The molecule has 1 amide bonds. The van der Waals surface area contributed by atoms with E-state index in [1.54, 1.807) is 0 Å². The van der Waals surface area contributed by atoms with Crippen LogP contribution in [0.2, 0.25) is 5.15 Å². The van der Waals surface area contributed by atoms with Gasteiger partial charge in [-0.15, -0.1) is 0 Å². The first-order valence-electron chi connectivity index (χ1n) is 5.54. The molecule has 2 aromatic rings. The molecule has 0 saturated heterocycles. The molecule has 0 spiro atoms.